The summed E-state index contributed by atoms with van der Waals surface area (Å²) in [5, 5.41) is 5.91. The Labute approximate surface area is 191 Å². The molecule has 0 radical (unpaired) electrons. The molecule has 0 aliphatic carbocycles. The van der Waals surface area contributed by atoms with Crippen molar-refractivity contribution in [2.24, 2.45) is 5.92 Å². The molecule has 4 rings (SSSR count). The van der Waals surface area contributed by atoms with Crippen molar-refractivity contribution in [3.63, 3.8) is 0 Å². The molecular weight excluding hydrogens is 454 g/mol. The molecule has 0 unspecified atom stereocenters. The maximum absolute atomic E-state index is 13.3. The smallest absolute Gasteiger partial charge is 0.265 e. The Bertz CT molecular complexity index is 1180. The second kappa shape index (κ2) is 8.73. The van der Waals surface area contributed by atoms with Crippen LogP contribution in [0.25, 0.3) is 0 Å². The zero-order chi connectivity index (χ0) is 23.0. The van der Waals surface area contributed by atoms with Gasteiger partial charge in [0.25, 0.3) is 5.91 Å². The van der Waals surface area contributed by atoms with Gasteiger partial charge >= 0.3 is 0 Å². The number of rotatable bonds is 4. The summed E-state index contributed by atoms with van der Waals surface area (Å²) in [6.45, 7) is 3.90. The molecule has 2 heterocycles. The number of anilines is 2. The molecule has 10 heteroatoms. The summed E-state index contributed by atoms with van der Waals surface area (Å²) in [4.78, 5) is 24.7. The number of aryl methyl sites for hydroxylation is 1. The summed E-state index contributed by atoms with van der Waals surface area (Å²) >= 11 is 6.21. The van der Waals surface area contributed by atoms with Gasteiger partial charge in [-0.1, -0.05) is 17.7 Å². The minimum absolute atomic E-state index is 0.0392. The van der Waals surface area contributed by atoms with Gasteiger partial charge in [-0.2, -0.15) is 4.31 Å². The average Bonchev–Trinajstić information content (AvgIpc) is 2.76. The first-order valence-corrected chi connectivity index (χ1v) is 12.2. The number of fused-ring (bicyclic) bond motifs is 1. The van der Waals surface area contributed by atoms with Gasteiger partial charge in [-0.05, 0) is 62.6 Å². The van der Waals surface area contributed by atoms with Gasteiger partial charge in [0, 0.05) is 13.1 Å². The zero-order valence-corrected chi connectivity index (χ0v) is 19.3. The highest BCUT2D eigenvalue weighted by Crippen LogP contribution is 2.34. The molecule has 0 bridgehead atoms. The van der Waals surface area contributed by atoms with Crippen LogP contribution in [0.4, 0.5) is 11.4 Å². The van der Waals surface area contributed by atoms with Gasteiger partial charge in [-0.15, -0.1) is 0 Å². The molecule has 0 saturated carbocycles. The van der Waals surface area contributed by atoms with E-state index in [1.54, 1.807) is 19.1 Å². The lowest BCUT2D eigenvalue weighted by Crippen LogP contribution is -2.43. The van der Waals surface area contributed by atoms with Crippen LogP contribution in [0.2, 0.25) is 5.02 Å². The largest absolute Gasteiger partial charge is 0.479 e. The number of amides is 2. The van der Waals surface area contributed by atoms with Crippen molar-refractivity contribution in [3.8, 4) is 5.75 Å². The summed E-state index contributed by atoms with van der Waals surface area (Å²) in [5.74, 6) is -0.688. The van der Waals surface area contributed by atoms with Gasteiger partial charge in [0.1, 0.15) is 5.75 Å². The number of halogens is 1. The van der Waals surface area contributed by atoms with Crippen LogP contribution in [0.1, 0.15) is 25.3 Å². The number of piperidine rings is 1. The lowest BCUT2D eigenvalue weighted by molar-refractivity contribution is -0.123. The minimum Gasteiger partial charge on any atom is -0.479 e. The SMILES string of the molecule is Cc1ccc(NC(=O)[C@H]2CCCN(S(=O)(=O)c3ccc4c(c3)NC(=O)[C@@H](C)O4)C2)c(Cl)c1. The Hall–Kier alpha value is -2.62. The van der Waals surface area contributed by atoms with Crippen molar-refractivity contribution in [3.05, 3.63) is 47.0 Å². The van der Waals surface area contributed by atoms with Gasteiger partial charge in [0.2, 0.25) is 15.9 Å². The third kappa shape index (κ3) is 4.46. The van der Waals surface area contributed by atoms with E-state index in [2.05, 4.69) is 10.6 Å². The van der Waals surface area contributed by atoms with Crippen LogP contribution in [-0.4, -0.2) is 43.7 Å². The van der Waals surface area contributed by atoms with E-state index in [1.165, 1.54) is 22.5 Å². The standard InChI is InChI=1S/C22H24ClN3O5S/c1-13-5-7-18(17(23)10-13)24-22(28)15-4-3-9-26(12-15)32(29,30)16-6-8-20-19(11-16)25-21(27)14(2)31-20/h5-8,10-11,14-15H,3-4,9,12H2,1-2H3,(H,24,28)(H,25,27)/t14-,15+/m1/s1. The molecule has 2 aromatic rings. The predicted octanol–water partition coefficient (Wildman–Crippen LogP) is 3.41. The van der Waals surface area contributed by atoms with Crippen molar-refractivity contribution in [1.82, 2.24) is 4.31 Å². The topological polar surface area (TPSA) is 105 Å². The number of carbonyl (C=O) groups excluding carboxylic acids is 2. The Morgan fingerprint density at radius 2 is 2.03 bits per heavy atom. The van der Waals surface area contributed by atoms with Crippen LogP contribution in [0.3, 0.4) is 0 Å². The second-order valence-electron chi connectivity index (χ2n) is 8.08. The summed E-state index contributed by atoms with van der Waals surface area (Å²) in [5.41, 5.74) is 1.79. The van der Waals surface area contributed by atoms with Crippen LogP contribution in [0.5, 0.6) is 5.75 Å². The summed E-state index contributed by atoms with van der Waals surface area (Å²) in [6, 6.07) is 9.72. The molecule has 2 N–H and O–H groups in total. The number of benzene rings is 2. The van der Waals surface area contributed by atoms with E-state index >= 15 is 0 Å². The van der Waals surface area contributed by atoms with Crippen molar-refractivity contribution in [1.29, 1.82) is 0 Å². The average molecular weight is 478 g/mol. The number of nitrogens with one attached hydrogen (secondary N) is 2. The summed E-state index contributed by atoms with van der Waals surface area (Å²) in [6.07, 6.45) is 0.488. The highest BCUT2D eigenvalue weighted by atomic mass is 35.5. The fourth-order valence-corrected chi connectivity index (χ4v) is 5.66. The first-order chi connectivity index (χ1) is 15.1. The fourth-order valence-electron chi connectivity index (χ4n) is 3.83. The molecule has 2 aromatic carbocycles. The highest BCUT2D eigenvalue weighted by Gasteiger charge is 2.34. The number of nitrogens with zero attached hydrogens (tertiary/aromatic N) is 1. The van der Waals surface area contributed by atoms with Gasteiger partial charge < -0.3 is 15.4 Å². The lowest BCUT2D eigenvalue weighted by atomic mass is 9.98. The number of ether oxygens (including phenoxy) is 1. The molecule has 8 nitrogen and oxygen atoms in total. The summed E-state index contributed by atoms with van der Waals surface area (Å²) < 4.78 is 33.3. The lowest BCUT2D eigenvalue weighted by Gasteiger charge is -2.31. The third-order valence-corrected chi connectivity index (χ3v) is 7.83. The van der Waals surface area contributed by atoms with Crippen LogP contribution in [0, 0.1) is 12.8 Å². The molecule has 1 saturated heterocycles. The van der Waals surface area contributed by atoms with E-state index in [0.717, 1.165) is 5.56 Å². The molecule has 2 aliphatic heterocycles. The van der Waals surface area contributed by atoms with Crippen molar-refractivity contribution in [2.75, 3.05) is 23.7 Å². The monoisotopic (exact) mass is 477 g/mol. The van der Waals surface area contributed by atoms with E-state index in [-0.39, 0.29) is 23.3 Å². The first-order valence-electron chi connectivity index (χ1n) is 10.3. The zero-order valence-electron chi connectivity index (χ0n) is 17.7. The Kier molecular flexibility index (Phi) is 6.15. The first kappa shape index (κ1) is 22.6. The molecule has 0 aromatic heterocycles. The Morgan fingerprint density at radius 1 is 1.25 bits per heavy atom. The molecule has 170 valence electrons. The van der Waals surface area contributed by atoms with Crippen LogP contribution < -0.4 is 15.4 Å². The molecule has 1 fully saturated rings. The maximum Gasteiger partial charge on any atom is 0.265 e. The normalized spacial score (nSPS) is 21.3. The number of sulfonamides is 1. The molecule has 2 aliphatic rings. The van der Waals surface area contributed by atoms with Crippen molar-refractivity contribution in [2.45, 2.75) is 37.7 Å². The quantitative estimate of drug-likeness (QED) is 0.702. The minimum atomic E-state index is -3.86. The number of carbonyl (C=O) groups is 2. The van der Waals surface area contributed by atoms with E-state index in [4.69, 9.17) is 16.3 Å². The predicted molar refractivity (Wildman–Crippen MR) is 121 cm³/mol. The van der Waals surface area contributed by atoms with E-state index in [1.807, 2.05) is 13.0 Å². The van der Waals surface area contributed by atoms with Crippen molar-refractivity contribution >= 4 is 44.8 Å². The number of hydrogen-bond acceptors (Lipinski definition) is 5. The molecule has 32 heavy (non-hydrogen) atoms. The molecule has 2 atom stereocenters. The Morgan fingerprint density at radius 3 is 2.78 bits per heavy atom. The maximum atomic E-state index is 13.3. The van der Waals surface area contributed by atoms with Crippen LogP contribution in [-0.2, 0) is 19.6 Å². The van der Waals surface area contributed by atoms with E-state index < -0.39 is 22.0 Å². The van der Waals surface area contributed by atoms with Gasteiger partial charge in [0.05, 0.1) is 27.2 Å². The molecular formula is C22H24ClN3O5S. The van der Waals surface area contributed by atoms with Gasteiger partial charge in [0.15, 0.2) is 6.10 Å². The molecule has 0 spiro atoms. The van der Waals surface area contributed by atoms with E-state index in [0.29, 0.717) is 41.5 Å². The van der Waals surface area contributed by atoms with Gasteiger partial charge in [-0.3, -0.25) is 9.59 Å². The molecule has 2 amide bonds. The van der Waals surface area contributed by atoms with Gasteiger partial charge in [-0.25, -0.2) is 8.42 Å². The number of hydrogen-bond donors (Lipinski definition) is 2. The fraction of sp³-hybridized carbons (Fsp3) is 0.364. The highest BCUT2D eigenvalue weighted by molar-refractivity contribution is 7.89. The Balaban J connectivity index is 1.50. The summed E-state index contributed by atoms with van der Waals surface area (Å²) in [7, 11) is -3.86. The third-order valence-electron chi connectivity index (χ3n) is 5.66. The van der Waals surface area contributed by atoms with E-state index in [9.17, 15) is 18.0 Å². The van der Waals surface area contributed by atoms with Crippen LogP contribution >= 0.6 is 11.6 Å². The van der Waals surface area contributed by atoms with Crippen LogP contribution in [0.15, 0.2) is 41.3 Å². The second-order valence-corrected chi connectivity index (χ2v) is 10.4. The van der Waals surface area contributed by atoms with Crippen molar-refractivity contribution < 1.29 is 22.7 Å².